The van der Waals surface area contributed by atoms with Crippen LogP contribution in [0.5, 0.6) is 0 Å². The Morgan fingerprint density at radius 1 is 0.366 bits per heavy atom. The van der Waals surface area contributed by atoms with Gasteiger partial charge >= 0.3 is 0 Å². The van der Waals surface area contributed by atoms with Crippen molar-refractivity contribution in [1.82, 2.24) is 0 Å². The van der Waals surface area contributed by atoms with Gasteiger partial charge in [0.25, 0.3) is 0 Å². The zero-order valence-electron chi connectivity index (χ0n) is 62.6. The van der Waals surface area contributed by atoms with Crippen LogP contribution in [0.25, 0.3) is 0 Å². The van der Waals surface area contributed by atoms with Gasteiger partial charge in [0.05, 0.1) is 0 Å². The van der Waals surface area contributed by atoms with Crippen LogP contribution in [0.4, 0.5) is 0 Å². The van der Waals surface area contributed by atoms with Gasteiger partial charge in [-0.15, -0.1) is 0 Å². The van der Waals surface area contributed by atoms with E-state index in [0.29, 0.717) is 10.8 Å². The van der Waals surface area contributed by atoms with Crippen molar-refractivity contribution < 1.29 is 0 Å². The van der Waals surface area contributed by atoms with Crippen LogP contribution < -0.4 is 0 Å². The minimum atomic E-state index is 0.595. The summed E-state index contributed by atoms with van der Waals surface area (Å²) in [6, 6.07) is 0. The van der Waals surface area contributed by atoms with E-state index in [2.05, 4.69) is 201 Å². The molecule has 11 aliphatic rings. The molecule has 11 fully saturated rings. The molecule has 11 aliphatic carbocycles. The monoisotopic (exact) mass is 1150 g/mol. The van der Waals surface area contributed by atoms with Crippen molar-refractivity contribution in [3.05, 3.63) is 0 Å². The summed E-state index contributed by atoms with van der Waals surface area (Å²) < 4.78 is 0. The lowest BCUT2D eigenvalue weighted by Crippen LogP contribution is -2.39. The van der Waals surface area contributed by atoms with Crippen molar-refractivity contribution in [3.8, 4) is 0 Å². The first-order valence-corrected chi connectivity index (χ1v) is 37.9. The maximum absolute atomic E-state index is 2.48. The normalized spacial score (nSPS) is 42.3. The summed E-state index contributed by atoms with van der Waals surface area (Å²) in [4.78, 5) is 0. The predicted molar refractivity (Wildman–Crippen MR) is 375 cm³/mol. The minimum Gasteiger partial charge on any atom is -0.0651 e. The van der Waals surface area contributed by atoms with Crippen molar-refractivity contribution in [3.63, 3.8) is 0 Å². The third-order valence-electron chi connectivity index (χ3n) is 27.9. The van der Waals surface area contributed by atoms with Gasteiger partial charge in [-0.05, 0) is 241 Å². The van der Waals surface area contributed by atoms with Crippen LogP contribution in [-0.2, 0) is 0 Å². The highest BCUT2D eigenvalue weighted by Crippen LogP contribution is 2.57. The molecule has 13 unspecified atom stereocenters. The Morgan fingerprint density at radius 2 is 0.744 bits per heavy atom. The summed E-state index contributed by atoms with van der Waals surface area (Å²) >= 11 is 0. The van der Waals surface area contributed by atoms with E-state index in [9.17, 15) is 0 Å². The highest BCUT2D eigenvalue weighted by Gasteiger charge is 2.46. The summed E-state index contributed by atoms with van der Waals surface area (Å²) in [5, 5.41) is 0. The Morgan fingerprint density at radius 3 is 0.878 bits per heavy atom. The topological polar surface area (TPSA) is 0 Å². The van der Waals surface area contributed by atoms with Crippen LogP contribution in [-0.4, -0.2) is 0 Å². The first kappa shape index (κ1) is 78.1. The Kier molecular flexibility index (Phi) is 35.5. The van der Waals surface area contributed by atoms with Gasteiger partial charge in [-0.2, -0.15) is 0 Å². The van der Waals surface area contributed by atoms with Gasteiger partial charge in [-0.25, -0.2) is 0 Å². The van der Waals surface area contributed by atoms with Crippen molar-refractivity contribution in [2.75, 3.05) is 0 Å². The average molecular weight is 1150 g/mol. The molecule has 0 amide bonds. The molecule has 0 aromatic heterocycles. The van der Waals surface area contributed by atoms with E-state index in [4.69, 9.17) is 0 Å². The summed E-state index contributed by atoms with van der Waals surface area (Å²) in [5.41, 5.74) is 2.03. The molecule has 490 valence electrons. The molecule has 0 aromatic carbocycles. The maximum atomic E-state index is 2.48. The lowest BCUT2D eigenvalue weighted by molar-refractivity contribution is 0.0302. The second-order valence-corrected chi connectivity index (χ2v) is 36.6. The van der Waals surface area contributed by atoms with E-state index < -0.39 is 0 Å². The van der Waals surface area contributed by atoms with Crippen LogP contribution in [0, 0.1) is 164 Å². The van der Waals surface area contributed by atoms with Gasteiger partial charge in [-0.3, -0.25) is 0 Å². The highest BCUT2D eigenvalue weighted by molar-refractivity contribution is 4.97. The number of fused-ring (bicyclic) bond motifs is 2. The van der Waals surface area contributed by atoms with Gasteiger partial charge in [0.1, 0.15) is 0 Å². The fourth-order valence-electron chi connectivity index (χ4n) is 17.4. The Balaban J connectivity index is 0.000000311. The summed E-state index contributed by atoms with van der Waals surface area (Å²) in [6.07, 6.45) is 36.9. The molecule has 11 saturated carbocycles. The molecule has 0 spiro atoms. The third-order valence-corrected chi connectivity index (χ3v) is 27.9. The summed E-state index contributed by atoms with van der Waals surface area (Å²) in [6.45, 7) is 68.6. The molecule has 11 rings (SSSR count). The van der Waals surface area contributed by atoms with E-state index >= 15 is 0 Å². The van der Waals surface area contributed by atoms with E-state index in [-0.39, 0.29) is 0 Å². The smallest absolute Gasteiger partial charge is 0.0297 e. The average Bonchev–Trinajstić information content (AvgIpc) is 4.24. The first-order valence-electron chi connectivity index (χ1n) is 37.9. The standard InChI is InChI=1S/C9H16.C9H18.8C8H16/c1-7-5-8-3-4-9(7,2)6-8;1-7-5-4-6-8(2)9(7)3;1-6-4-7(2)8(3)5-6;1-6(2)8-4-7(3)5-8;1-7-4-5-8(2,3)6-7;1-8(2,3)7-5-4-6-7;2*1-6-4-5-7(2)8(6)3;1-5-6(2)8(4)7(5)3;1-3-7(2)8-5-4-6-8/h7-8H,3-6H2,1-2H3;7-9H,4-6H2,1-3H3;2*6-8H,4-5H2,1-3H3;2*7H,4-6H2,1-3H3;2*6-8H,4-5H2,1-3H3;5-8H,1-4H3;7-8H,3-6H2,1-2H3/t;;6?,7-,8?;;;;;;;/m..0......./s1. The van der Waals surface area contributed by atoms with E-state index in [1.165, 1.54) is 161 Å². The van der Waals surface area contributed by atoms with Crippen molar-refractivity contribution in [2.45, 2.75) is 361 Å². The summed E-state index contributed by atoms with van der Waals surface area (Å²) in [7, 11) is 0. The zero-order valence-corrected chi connectivity index (χ0v) is 62.6. The molecule has 14 atom stereocenters. The molecular weight excluding hydrogens is 985 g/mol. The molecule has 0 N–H and O–H groups in total. The van der Waals surface area contributed by atoms with Crippen LogP contribution >= 0.6 is 0 Å². The highest BCUT2D eigenvalue weighted by atomic mass is 14.5. The number of hydrogen-bond donors (Lipinski definition) is 0. The molecule has 0 saturated heterocycles. The van der Waals surface area contributed by atoms with E-state index in [1.807, 2.05) is 0 Å². The third kappa shape index (κ3) is 27.0. The van der Waals surface area contributed by atoms with Gasteiger partial charge in [0.2, 0.25) is 0 Å². The fraction of sp³-hybridized carbons (Fsp3) is 1.00. The molecular formula is C82H162. The van der Waals surface area contributed by atoms with Crippen LogP contribution in [0.3, 0.4) is 0 Å². The molecule has 0 heteroatoms. The van der Waals surface area contributed by atoms with Crippen LogP contribution in [0.2, 0.25) is 0 Å². The molecule has 0 heterocycles. The van der Waals surface area contributed by atoms with Crippen molar-refractivity contribution in [2.24, 2.45) is 164 Å². The second kappa shape index (κ2) is 37.2. The van der Waals surface area contributed by atoms with Crippen molar-refractivity contribution in [1.29, 1.82) is 0 Å². The van der Waals surface area contributed by atoms with Crippen LogP contribution in [0.1, 0.15) is 361 Å². The largest absolute Gasteiger partial charge is 0.0651 e. The van der Waals surface area contributed by atoms with Gasteiger partial charge < -0.3 is 0 Å². The van der Waals surface area contributed by atoms with Gasteiger partial charge in [-0.1, -0.05) is 284 Å². The first-order chi connectivity index (χ1) is 37.9. The molecule has 0 radical (unpaired) electrons. The molecule has 0 aromatic rings. The Bertz CT molecular complexity index is 1480. The molecule has 2 bridgehead atoms. The fourth-order valence-corrected chi connectivity index (χ4v) is 17.4. The minimum absolute atomic E-state index is 0.595. The molecule has 0 aliphatic heterocycles. The molecule has 82 heavy (non-hydrogen) atoms. The maximum Gasteiger partial charge on any atom is -0.0297 e. The van der Waals surface area contributed by atoms with E-state index in [1.54, 1.807) is 0 Å². The number of rotatable bonds is 3. The number of hydrogen-bond acceptors (Lipinski definition) is 0. The zero-order chi connectivity index (χ0) is 62.6. The second-order valence-electron chi connectivity index (χ2n) is 36.6. The predicted octanol–water partition coefficient (Wildman–Crippen LogP) is 27.7. The Hall–Kier alpha value is 0. The lowest BCUT2D eigenvalue weighted by Gasteiger charge is -2.45. The quantitative estimate of drug-likeness (QED) is 0.264. The van der Waals surface area contributed by atoms with E-state index in [0.717, 1.165) is 153 Å². The van der Waals surface area contributed by atoms with Gasteiger partial charge in [0.15, 0.2) is 0 Å². The SMILES string of the molecule is CC(C)(C)C1CCC1.CC1C(C)C(C)C1C.CC1CC(C(C)C)C1.CC1CC(C)[C@@H](C)C1.CC1CC2CCC1(C)C2.CC1CCC(C)(C)C1.CC1CCC(C)C1C.CC1CCC(C)C1C.CC1CCCC(C)C1C.CCC(C)C1CCC1. The summed E-state index contributed by atoms with van der Waals surface area (Å²) in [5.74, 6) is 25.0. The Labute approximate surface area is 522 Å². The van der Waals surface area contributed by atoms with Crippen LogP contribution in [0.15, 0.2) is 0 Å². The molecule has 0 nitrogen and oxygen atoms in total. The lowest BCUT2D eigenvalue weighted by atomic mass is 9.60. The van der Waals surface area contributed by atoms with Gasteiger partial charge in [0, 0.05) is 0 Å². The van der Waals surface area contributed by atoms with Crippen molar-refractivity contribution >= 4 is 0 Å².